The van der Waals surface area contributed by atoms with Gasteiger partial charge in [-0.1, -0.05) is 32.9 Å². The Labute approximate surface area is 105 Å². The predicted octanol–water partition coefficient (Wildman–Crippen LogP) is 3.23. The summed E-state index contributed by atoms with van der Waals surface area (Å²) in [6, 6.07) is 8.43. The minimum Gasteiger partial charge on any atom is -0.391 e. The Kier molecular flexibility index (Phi) is 4.58. The van der Waals surface area contributed by atoms with Crippen molar-refractivity contribution in [3.63, 3.8) is 0 Å². The van der Waals surface area contributed by atoms with Crippen molar-refractivity contribution < 1.29 is 5.11 Å². The summed E-state index contributed by atoms with van der Waals surface area (Å²) in [7, 11) is 0. The van der Waals surface area contributed by atoms with E-state index in [1.165, 1.54) is 11.3 Å². The highest BCUT2D eigenvalue weighted by molar-refractivity contribution is 5.48. The fourth-order valence-electron chi connectivity index (χ4n) is 1.72. The maximum absolute atomic E-state index is 10.2. The Morgan fingerprint density at radius 2 is 1.94 bits per heavy atom. The molecule has 1 N–H and O–H groups in total. The standard InChI is InChI=1S/C15H25NO/c1-6-16(11-14(17)15(3,4)5)13-9-7-8-12(2)10-13/h7-10,14,17H,6,11H2,1-5H3. The van der Waals surface area contributed by atoms with E-state index in [1.807, 2.05) is 0 Å². The van der Waals surface area contributed by atoms with Crippen LogP contribution in [0.3, 0.4) is 0 Å². The third-order valence-electron chi connectivity index (χ3n) is 3.14. The zero-order valence-corrected chi connectivity index (χ0v) is 11.7. The molecule has 17 heavy (non-hydrogen) atoms. The number of aliphatic hydroxyl groups is 1. The molecule has 0 amide bonds. The predicted molar refractivity (Wildman–Crippen MR) is 74.5 cm³/mol. The van der Waals surface area contributed by atoms with Crippen molar-refractivity contribution in [3.8, 4) is 0 Å². The second-order valence-corrected chi connectivity index (χ2v) is 5.76. The molecule has 1 rings (SSSR count). The fraction of sp³-hybridized carbons (Fsp3) is 0.600. The molecular formula is C15H25NO. The first-order valence-electron chi connectivity index (χ1n) is 6.34. The van der Waals surface area contributed by atoms with Gasteiger partial charge in [0.25, 0.3) is 0 Å². The largest absolute Gasteiger partial charge is 0.391 e. The van der Waals surface area contributed by atoms with Gasteiger partial charge in [0.1, 0.15) is 0 Å². The maximum Gasteiger partial charge on any atom is 0.0763 e. The lowest BCUT2D eigenvalue weighted by atomic mass is 9.89. The third-order valence-corrected chi connectivity index (χ3v) is 3.14. The molecule has 0 saturated carbocycles. The van der Waals surface area contributed by atoms with Gasteiger partial charge in [0.2, 0.25) is 0 Å². The molecule has 1 aromatic carbocycles. The van der Waals surface area contributed by atoms with Crippen molar-refractivity contribution in [2.24, 2.45) is 5.41 Å². The van der Waals surface area contributed by atoms with E-state index < -0.39 is 0 Å². The Morgan fingerprint density at radius 3 is 2.41 bits per heavy atom. The molecule has 0 saturated heterocycles. The van der Waals surface area contributed by atoms with E-state index in [4.69, 9.17) is 0 Å². The van der Waals surface area contributed by atoms with Crippen molar-refractivity contribution in [1.82, 2.24) is 0 Å². The van der Waals surface area contributed by atoms with Crippen LogP contribution in [0.1, 0.15) is 33.3 Å². The summed E-state index contributed by atoms with van der Waals surface area (Å²) in [5, 5.41) is 10.2. The van der Waals surface area contributed by atoms with E-state index in [2.05, 4.69) is 63.8 Å². The Morgan fingerprint density at radius 1 is 1.29 bits per heavy atom. The summed E-state index contributed by atoms with van der Waals surface area (Å²) in [5.41, 5.74) is 2.37. The molecule has 0 spiro atoms. The van der Waals surface area contributed by atoms with Gasteiger partial charge in [0.15, 0.2) is 0 Å². The molecule has 0 bridgehead atoms. The molecule has 1 unspecified atom stereocenters. The Balaban J connectivity index is 2.79. The number of aryl methyl sites for hydroxylation is 1. The first-order chi connectivity index (χ1) is 7.84. The van der Waals surface area contributed by atoms with Gasteiger partial charge in [-0.25, -0.2) is 0 Å². The molecule has 0 aromatic heterocycles. The average molecular weight is 235 g/mol. The number of nitrogens with zero attached hydrogens (tertiary/aromatic N) is 1. The van der Waals surface area contributed by atoms with Gasteiger partial charge in [0.05, 0.1) is 6.10 Å². The van der Waals surface area contributed by atoms with Crippen LogP contribution in [0.15, 0.2) is 24.3 Å². The second-order valence-electron chi connectivity index (χ2n) is 5.76. The van der Waals surface area contributed by atoms with E-state index in [0.717, 1.165) is 6.54 Å². The Hall–Kier alpha value is -1.02. The molecular weight excluding hydrogens is 210 g/mol. The minimum absolute atomic E-state index is 0.0722. The minimum atomic E-state index is -0.317. The van der Waals surface area contributed by atoms with Crippen LogP contribution in [-0.4, -0.2) is 24.3 Å². The quantitative estimate of drug-likeness (QED) is 0.866. The van der Waals surface area contributed by atoms with E-state index in [9.17, 15) is 5.11 Å². The zero-order valence-electron chi connectivity index (χ0n) is 11.7. The number of anilines is 1. The summed E-state index contributed by atoms with van der Waals surface area (Å²) in [5.74, 6) is 0. The molecule has 96 valence electrons. The van der Waals surface area contributed by atoms with Crippen molar-refractivity contribution in [2.75, 3.05) is 18.0 Å². The van der Waals surface area contributed by atoms with Gasteiger partial charge in [-0.3, -0.25) is 0 Å². The van der Waals surface area contributed by atoms with Crippen LogP contribution in [0.4, 0.5) is 5.69 Å². The number of likely N-dealkylation sites (N-methyl/N-ethyl adjacent to an activating group) is 1. The normalized spacial score (nSPS) is 13.5. The van der Waals surface area contributed by atoms with Gasteiger partial charge in [-0.2, -0.15) is 0 Å². The van der Waals surface area contributed by atoms with E-state index in [-0.39, 0.29) is 11.5 Å². The lowest BCUT2D eigenvalue weighted by molar-refractivity contribution is 0.0691. The van der Waals surface area contributed by atoms with Gasteiger partial charge >= 0.3 is 0 Å². The number of aliphatic hydroxyl groups excluding tert-OH is 1. The topological polar surface area (TPSA) is 23.5 Å². The van der Waals surface area contributed by atoms with Crippen LogP contribution >= 0.6 is 0 Å². The Bertz CT molecular complexity index is 354. The lowest BCUT2D eigenvalue weighted by Crippen LogP contribution is -2.39. The highest BCUT2D eigenvalue weighted by Crippen LogP contribution is 2.23. The first kappa shape index (κ1) is 14.0. The molecule has 1 aromatic rings. The summed E-state index contributed by atoms with van der Waals surface area (Å²) in [6.07, 6.45) is -0.317. The van der Waals surface area contributed by atoms with E-state index in [0.29, 0.717) is 6.54 Å². The monoisotopic (exact) mass is 235 g/mol. The number of benzene rings is 1. The number of rotatable bonds is 4. The van der Waals surface area contributed by atoms with Gasteiger partial charge in [-0.05, 0) is 37.0 Å². The molecule has 0 fully saturated rings. The molecule has 2 nitrogen and oxygen atoms in total. The molecule has 0 aliphatic carbocycles. The van der Waals surface area contributed by atoms with Gasteiger partial charge in [-0.15, -0.1) is 0 Å². The molecule has 0 heterocycles. The fourth-order valence-corrected chi connectivity index (χ4v) is 1.72. The van der Waals surface area contributed by atoms with E-state index in [1.54, 1.807) is 0 Å². The summed E-state index contributed by atoms with van der Waals surface area (Å²) in [4.78, 5) is 2.23. The van der Waals surface area contributed by atoms with Crippen LogP contribution in [-0.2, 0) is 0 Å². The first-order valence-corrected chi connectivity index (χ1v) is 6.34. The van der Waals surface area contributed by atoms with Crippen LogP contribution in [0.5, 0.6) is 0 Å². The molecule has 0 aliphatic rings. The van der Waals surface area contributed by atoms with Crippen LogP contribution in [0.25, 0.3) is 0 Å². The zero-order chi connectivity index (χ0) is 13.1. The maximum atomic E-state index is 10.2. The van der Waals surface area contributed by atoms with Gasteiger partial charge < -0.3 is 10.0 Å². The SMILES string of the molecule is CCN(CC(O)C(C)(C)C)c1cccc(C)c1. The lowest BCUT2D eigenvalue weighted by Gasteiger charge is -2.32. The van der Waals surface area contributed by atoms with E-state index >= 15 is 0 Å². The summed E-state index contributed by atoms with van der Waals surface area (Å²) in [6.45, 7) is 12.0. The average Bonchev–Trinajstić information content (AvgIpc) is 2.24. The van der Waals surface area contributed by atoms with Gasteiger partial charge in [0, 0.05) is 18.8 Å². The molecule has 1 atom stereocenters. The highest BCUT2D eigenvalue weighted by atomic mass is 16.3. The van der Waals surface area contributed by atoms with Crippen molar-refractivity contribution in [2.45, 2.75) is 40.7 Å². The smallest absolute Gasteiger partial charge is 0.0763 e. The number of hydrogen-bond acceptors (Lipinski definition) is 2. The third kappa shape index (κ3) is 4.04. The summed E-state index contributed by atoms with van der Waals surface area (Å²) >= 11 is 0. The number of hydrogen-bond donors (Lipinski definition) is 1. The van der Waals surface area contributed by atoms with Crippen molar-refractivity contribution in [3.05, 3.63) is 29.8 Å². The molecule has 0 aliphatic heterocycles. The van der Waals surface area contributed by atoms with Crippen LogP contribution in [0, 0.1) is 12.3 Å². The molecule has 0 radical (unpaired) electrons. The van der Waals surface area contributed by atoms with Crippen molar-refractivity contribution in [1.29, 1.82) is 0 Å². The molecule has 2 heteroatoms. The van der Waals surface area contributed by atoms with Crippen molar-refractivity contribution >= 4 is 5.69 Å². The second kappa shape index (κ2) is 5.54. The van der Waals surface area contributed by atoms with Crippen LogP contribution < -0.4 is 4.90 Å². The summed E-state index contributed by atoms with van der Waals surface area (Å²) < 4.78 is 0. The highest BCUT2D eigenvalue weighted by Gasteiger charge is 2.24. The van der Waals surface area contributed by atoms with Crippen LogP contribution in [0.2, 0.25) is 0 Å².